The van der Waals surface area contributed by atoms with Crippen molar-refractivity contribution in [3.8, 4) is 0 Å². The van der Waals surface area contributed by atoms with Crippen LogP contribution in [0.1, 0.15) is 155 Å². The number of piperidine rings is 1. The summed E-state index contributed by atoms with van der Waals surface area (Å²) in [7, 11) is -2.55. The van der Waals surface area contributed by atoms with Crippen molar-refractivity contribution in [2.24, 2.45) is 17.8 Å². The van der Waals surface area contributed by atoms with E-state index in [-0.39, 0.29) is 41.2 Å². The maximum atomic E-state index is 14.3. The molecule has 0 aromatic carbocycles. The number of esters is 1. The molecule has 0 unspecified atom stereocenters. The van der Waals surface area contributed by atoms with Gasteiger partial charge in [0.2, 0.25) is 8.32 Å². The number of rotatable bonds is 18. The lowest BCUT2D eigenvalue weighted by molar-refractivity contribution is -0.161. The third-order valence-corrected chi connectivity index (χ3v) is 23.9. The summed E-state index contributed by atoms with van der Waals surface area (Å²) in [6.45, 7) is 37.3. The standard InChI is InChI=1S/C45H85NO8Si2/c1-30(2)56(31(3)4,32(5)6)54-38-23-22-36(27-41(38)50-16)26-35(9)39(28-40(34(8)25-33(7)29-47)53-55(17,18)45(13,14)15)51-42(48)37-21-19-20-24-46(37)43(49)52-44(10,11)12/h25,29-32,34-41H,19-24,26-28H2,1-18H3/b33-25+/t34-,35-,36+,37+,38-,39+,40+,41-/m1/s1. The highest BCUT2D eigenvalue weighted by Gasteiger charge is 2.49. The zero-order valence-corrected chi connectivity index (χ0v) is 41.1. The first-order valence-corrected chi connectivity index (χ1v) is 27.0. The van der Waals surface area contributed by atoms with Crippen molar-refractivity contribution in [2.75, 3.05) is 13.7 Å². The highest BCUT2D eigenvalue weighted by Crippen LogP contribution is 2.46. The van der Waals surface area contributed by atoms with E-state index in [1.54, 1.807) is 4.90 Å². The number of carbonyl (C=O) groups excluding carboxylic acids is 3. The second kappa shape index (κ2) is 21.1. The smallest absolute Gasteiger partial charge is 0.411 e. The van der Waals surface area contributed by atoms with Gasteiger partial charge in [-0.2, -0.15) is 0 Å². The average Bonchev–Trinajstić information content (AvgIpc) is 3.08. The zero-order valence-electron chi connectivity index (χ0n) is 39.1. The van der Waals surface area contributed by atoms with Crippen LogP contribution in [0.3, 0.4) is 0 Å². The van der Waals surface area contributed by atoms with Crippen molar-refractivity contribution in [2.45, 2.75) is 226 Å². The molecule has 326 valence electrons. The summed E-state index contributed by atoms with van der Waals surface area (Å²) in [6, 6.07) is -0.708. The largest absolute Gasteiger partial charge is 0.460 e. The minimum absolute atomic E-state index is 0.000781. The Bertz CT molecular complexity index is 1260. The topological polar surface area (TPSA) is 101 Å². The second-order valence-corrected chi connectivity index (χ2v) is 31.0. The molecule has 2 aliphatic rings. The Balaban J connectivity index is 2.49. The molecule has 1 saturated heterocycles. The first-order valence-electron chi connectivity index (χ1n) is 21.9. The van der Waals surface area contributed by atoms with Gasteiger partial charge in [0.1, 0.15) is 24.0 Å². The van der Waals surface area contributed by atoms with Crippen LogP contribution in [0.15, 0.2) is 11.6 Å². The third-order valence-electron chi connectivity index (χ3n) is 13.2. The van der Waals surface area contributed by atoms with Crippen LogP contribution in [0.2, 0.25) is 34.8 Å². The maximum Gasteiger partial charge on any atom is 0.411 e. The minimum atomic E-state index is -2.28. The van der Waals surface area contributed by atoms with Crippen molar-refractivity contribution in [1.82, 2.24) is 4.90 Å². The van der Waals surface area contributed by atoms with E-state index in [0.29, 0.717) is 47.5 Å². The molecule has 11 heteroatoms. The predicted octanol–water partition coefficient (Wildman–Crippen LogP) is 11.7. The summed E-state index contributed by atoms with van der Waals surface area (Å²) in [6.07, 6.45) is 8.09. The van der Waals surface area contributed by atoms with Crippen molar-refractivity contribution in [3.63, 3.8) is 0 Å². The number of hydrogen-bond acceptors (Lipinski definition) is 8. The molecule has 9 nitrogen and oxygen atoms in total. The van der Waals surface area contributed by atoms with Gasteiger partial charge in [-0.15, -0.1) is 0 Å². The summed E-state index contributed by atoms with van der Waals surface area (Å²) in [5.41, 5.74) is 1.47. The van der Waals surface area contributed by atoms with Crippen LogP contribution in [0.4, 0.5) is 4.79 Å². The fourth-order valence-electron chi connectivity index (χ4n) is 9.18. The molecule has 1 amide bonds. The van der Waals surface area contributed by atoms with Crippen LogP contribution in [0, 0.1) is 17.8 Å². The molecule has 0 aromatic heterocycles. The fraction of sp³-hybridized carbons (Fsp3) is 0.889. The van der Waals surface area contributed by atoms with E-state index >= 15 is 0 Å². The molecular weight excluding hydrogens is 739 g/mol. The maximum absolute atomic E-state index is 14.3. The Morgan fingerprint density at radius 2 is 1.43 bits per heavy atom. The summed E-state index contributed by atoms with van der Waals surface area (Å²) in [5, 5.41) is -0.0424. The molecule has 0 radical (unpaired) electrons. The van der Waals surface area contributed by atoms with E-state index in [9.17, 15) is 14.4 Å². The molecule has 1 aliphatic carbocycles. The van der Waals surface area contributed by atoms with E-state index in [4.69, 9.17) is 23.1 Å². The molecule has 56 heavy (non-hydrogen) atoms. The highest BCUT2D eigenvalue weighted by molar-refractivity contribution is 6.77. The number of carbonyl (C=O) groups is 3. The molecule has 0 aromatic rings. The number of aldehydes is 1. The van der Waals surface area contributed by atoms with E-state index < -0.39 is 40.5 Å². The van der Waals surface area contributed by atoms with E-state index in [1.807, 2.05) is 40.9 Å². The van der Waals surface area contributed by atoms with E-state index in [1.165, 1.54) is 0 Å². The number of ether oxygens (including phenoxy) is 3. The Morgan fingerprint density at radius 1 is 0.839 bits per heavy atom. The number of hydrogen-bond donors (Lipinski definition) is 0. The molecule has 8 atom stereocenters. The molecule has 2 fully saturated rings. The molecule has 1 aliphatic heterocycles. The van der Waals surface area contributed by atoms with Crippen LogP contribution in [0.25, 0.3) is 0 Å². The lowest BCUT2D eigenvalue weighted by Crippen LogP contribution is -2.53. The highest BCUT2D eigenvalue weighted by atomic mass is 28.4. The van der Waals surface area contributed by atoms with E-state index in [2.05, 4.69) is 89.3 Å². The summed E-state index contributed by atoms with van der Waals surface area (Å²) in [4.78, 5) is 41.1. The van der Waals surface area contributed by atoms with Gasteiger partial charge in [0.25, 0.3) is 0 Å². The predicted molar refractivity (Wildman–Crippen MR) is 234 cm³/mol. The number of methoxy groups -OCH3 is 1. The lowest BCUT2D eigenvalue weighted by atomic mass is 9.78. The van der Waals surface area contributed by atoms with Gasteiger partial charge in [0.05, 0.1) is 18.3 Å². The van der Waals surface area contributed by atoms with Gasteiger partial charge in [-0.1, -0.05) is 82.2 Å². The SMILES string of the molecule is CO[C@@H]1C[C@H](C[C@@H](C)[C@H](C[C@H](O[Si](C)(C)C(C)(C)C)[C@H](C)/C=C(\C)C=O)OC(=O)[C@@H]2CCCCN2C(=O)OC(C)(C)C)CC[C@H]1O[Si](C(C)C)(C(C)C)C(C)C. The molecule has 2 rings (SSSR count). The number of amides is 1. The third kappa shape index (κ3) is 13.8. The van der Waals surface area contributed by atoms with Crippen molar-refractivity contribution in [3.05, 3.63) is 11.6 Å². The monoisotopic (exact) mass is 824 g/mol. The Hall–Kier alpha value is -1.54. The second-order valence-electron chi connectivity index (χ2n) is 20.8. The van der Waals surface area contributed by atoms with Gasteiger partial charge >= 0.3 is 12.1 Å². The minimum Gasteiger partial charge on any atom is -0.460 e. The molecule has 0 bridgehead atoms. The van der Waals surface area contributed by atoms with Crippen LogP contribution >= 0.6 is 0 Å². The van der Waals surface area contributed by atoms with Gasteiger partial charge in [-0.3, -0.25) is 9.69 Å². The zero-order chi connectivity index (χ0) is 43.0. The summed E-state index contributed by atoms with van der Waals surface area (Å²) < 4.78 is 33.0. The number of nitrogens with zero attached hydrogens (tertiary/aromatic N) is 1. The molecule has 1 saturated carbocycles. The number of likely N-dealkylation sites (tertiary alicyclic amines) is 1. The number of allylic oxidation sites excluding steroid dienone is 1. The Labute approximate surface area is 345 Å². The molecule has 0 N–H and O–H groups in total. The van der Waals surface area contributed by atoms with Crippen molar-refractivity contribution in [1.29, 1.82) is 0 Å². The Kier molecular flexibility index (Phi) is 19.1. The van der Waals surface area contributed by atoms with E-state index in [0.717, 1.165) is 44.8 Å². The molecule has 1 heterocycles. The molecule has 0 spiro atoms. The Morgan fingerprint density at radius 3 is 1.93 bits per heavy atom. The fourth-order valence-corrected chi connectivity index (χ4v) is 16.2. The first kappa shape index (κ1) is 50.6. The van der Waals surface area contributed by atoms with Gasteiger partial charge < -0.3 is 23.1 Å². The first-order chi connectivity index (χ1) is 25.7. The lowest BCUT2D eigenvalue weighted by Gasteiger charge is -2.48. The van der Waals surface area contributed by atoms with Gasteiger partial charge in [-0.05, 0) is 131 Å². The quantitative estimate of drug-likeness (QED) is 0.0583. The van der Waals surface area contributed by atoms with Gasteiger partial charge in [0.15, 0.2) is 8.32 Å². The van der Waals surface area contributed by atoms with Crippen LogP contribution in [0.5, 0.6) is 0 Å². The van der Waals surface area contributed by atoms with Crippen molar-refractivity contribution >= 4 is 35.0 Å². The molecular formula is C45H85NO8Si2. The van der Waals surface area contributed by atoms with Crippen LogP contribution in [-0.2, 0) is 32.7 Å². The van der Waals surface area contributed by atoms with Gasteiger partial charge in [0, 0.05) is 20.1 Å². The van der Waals surface area contributed by atoms with Gasteiger partial charge in [-0.25, -0.2) is 9.59 Å². The normalized spacial score (nSPS) is 24.2. The van der Waals surface area contributed by atoms with Crippen molar-refractivity contribution < 1.29 is 37.4 Å². The summed E-state index contributed by atoms with van der Waals surface area (Å²) in [5.74, 6) is -0.100. The van der Waals surface area contributed by atoms with Crippen LogP contribution < -0.4 is 0 Å². The van der Waals surface area contributed by atoms with Crippen LogP contribution in [-0.4, -0.2) is 89.6 Å². The summed E-state index contributed by atoms with van der Waals surface area (Å²) >= 11 is 0. The average molecular weight is 824 g/mol.